The van der Waals surface area contributed by atoms with E-state index < -0.39 is 9.84 Å². The summed E-state index contributed by atoms with van der Waals surface area (Å²) in [5, 5.41) is -0.228. The van der Waals surface area contributed by atoms with Gasteiger partial charge in [-0.05, 0) is 48.7 Å². The van der Waals surface area contributed by atoms with E-state index in [1.54, 1.807) is 6.20 Å². The first-order valence-corrected chi connectivity index (χ1v) is 9.69. The Morgan fingerprint density at radius 3 is 2.78 bits per heavy atom. The fourth-order valence-electron chi connectivity index (χ4n) is 2.91. The zero-order valence-corrected chi connectivity index (χ0v) is 14.2. The molecule has 0 bridgehead atoms. The number of hydrogen-bond donors (Lipinski definition) is 0. The molecule has 2 aromatic rings. The Kier molecular flexibility index (Phi) is 4.78. The molecule has 23 heavy (non-hydrogen) atoms. The molecule has 0 unspecified atom stereocenters. The topological polar surface area (TPSA) is 50.3 Å². The molecule has 0 spiro atoms. The second-order valence-corrected chi connectivity index (χ2v) is 8.72. The first-order chi connectivity index (χ1) is 11.0. The Morgan fingerprint density at radius 2 is 2.00 bits per heavy atom. The van der Waals surface area contributed by atoms with E-state index >= 15 is 0 Å². The Labute approximate surface area is 138 Å². The van der Waals surface area contributed by atoms with Gasteiger partial charge in [0.1, 0.15) is 0 Å². The SMILES string of the molecule is C[C@H]1CCN(Cc2cccc(-c3cccnc3)c2)CCS1(=O)=O. The summed E-state index contributed by atoms with van der Waals surface area (Å²) < 4.78 is 24.0. The highest BCUT2D eigenvalue weighted by Crippen LogP contribution is 2.21. The number of benzene rings is 1. The van der Waals surface area contributed by atoms with E-state index in [0.29, 0.717) is 13.0 Å². The summed E-state index contributed by atoms with van der Waals surface area (Å²) in [5.41, 5.74) is 3.45. The molecule has 1 aromatic carbocycles. The van der Waals surface area contributed by atoms with Gasteiger partial charge in [-0.3, -0.25) is 9.88 Å². The molecule has 3 rings (SSSR count). The summed E-state index contributed by atoms with van der Waals surface area (Å²) in [7, 11) is -2.92. The van der Waals surface area contributed by atoms with E-state index in [1.165, 1.54) is 5.56 Å². The van der Waals surface area contributed by atoms with Crippen molar-refractivity contribution in [2.24, 2.45) is 0 Å². The molecule has 5 heteroatoms. The van der Waals surface area contributed by atoms with E-state index in [0.717, 1.165) is 24.2 Å². The minimum absolute atomic E-state index is 0.228. The second kappa shape index (κ2) is 6.81. The van der Waals surface area contributed by atoms with Crippen molar-refractivity contribution in [3.8, 4) is 11.1 Å². The third-order valence-corrected chi connectivity index (χ3v) is 6.70. The Balaban J connectivity index is 1.74. The fraction of sp³-hybridized carbons (Fsp3) is 0.389. The predicted molar refractivity (Wildman–Crippen MR) is 92.8 cm³/mol. The van der Waals surface area contributed by atoms with Crippen molar-refractivity contribution in [1.82, 2.24) is 9.88 Å². The van der Waals surface area contributed by atoms with Crippen molar-refractivity contribution >= 4 is 9.84 Å². The largest absolute Gasteiger partial charge is 0.298 e. The molecule has 0 radical (unpaired) electrons. The Bertz CT molecular complexity index is 760. The van der Waals surface area contributed by atoms with Gasteiger partial charge in [-0.25, -0.2) is 8.42 Å². The van der Waals surface area contributed by atoms with Crippen LogP contribution in [-0.2, 0) is 16.4 Å². The molecule has 1 fully saturated rings. The smallest absolute Gasteiger partial charge is 0.154 e. The molecule has 1 aliphatic heterocycles. The minimum Gasteiger partial charge on any atom is -0.298 e. The van der Waals surface area contributed by atoms with E-state index in [2.05, 4.69) is 34.1 Å². The van der Waals surface area contributed by atoms with Gasteiger partial charge in [-0.15, -0.1) is 0 Å². The maximum Gasteiger partial charge on any atom is 0.154 e. The van der Waals surface area contributed by atoms with Crippen LogP contribution >= 0.6 is 0 Å². The molecule has 1 aliphatic rings. The maximum absolute atomic E-state index is 12.0. The minimum atomic E-state index is -2.92. The molecular formula is C18H22N2O2S. The van der Waals surface area contributed by atoms with Gasteiger partial charge in [0.05, 0.1) is 11.0 Å². The van der Waals surface area contributed by atoms with Crippen LogP contribution in [0.4, 0.5) is 0 Å². The van der Waals surface area contributed by atoms with Crippen molar-refractivity contribution in [2.75, 3.05) is 18.8 Å². The third kappa shape index (κ3) is 3.98. The highest BCUT2D eigenvalue weighted by atomic mass is 32.2. The van der Waals surface area contributed by atoms with Crippen LogP contribution in [0.1, 0.15) is 18.9 Å². The predicted octanol–water partition coefficient (Wildman–Crippen LogP) is 2.76. The van der Waals surface area contributed by atoms with Gasteiger partial charge in [0.25, 0.3) is 0 Å². The Morgan fingerprint density at radius 1 is 1.17 bits per heavy atom. The summed E-state index contributed by atoms with van der Waals surface area (Å²) in [4.78, 5) is 6.41. The van der Waals surface area contributed by atoms with Gasteiger partial charge in [0, 0.05) is 25.5 Å². The molecule has 1 aromatic heterocycles. The lowest BCUT2D eigenvalue weighted by Gasteiger charge is -2.19. The van der Waals surface area contributed by atoms with Crippen LogP contribution in [0.2, 0.25) is 0 Å². The van der Waals surface area contributed by atoms with Crippen LogP contribution in [0, 0.1) is 0 Å². The van der Waals surface area contributed by atoms with E-state index in [4.69, 9.17) is 0 Å². The van der Waals surface area contributed by atoms with Gasteiger partial charge in [-0.2, -0.15) is 0 Å². The molecule has 1 atom stereocenters. The summed E-state index contributed by atoms with van der Waals surface area (Å²) in [5.74, 6) is 0.260. The van der Waals surface area contributed by atoms with Gasteiger partial charge < -0.3 is 0 Å². The summed E-state index contributed by atoms with van der Waals surface area (Å²) in [6.45, 7) is 4.06. The van der Waals surface area contributed by atoms with Gasteiger partial charge in [0.15, 0.2) is 9.84 Å². The van der Waals surface area contributed by atoms with E-state index in [-0.39, 0.29) is 11.0 Å². The standard InChI is InChI=1S/C18H22N2O2S/c1-15-7-9-20(10-11-23(15,21)22)14-16-4-2-5-17(12-16)18-6-3-8-19-13-18/h2-6,8,12-13,15H,7,9-11,14H2,1H3/t15-/m0/s1. The van der Waals surface area contributed by atoms with Gasteiger partial charge in [0.2, 0.25) is 0 Å². The van der Waals surface area contributed by atoms with Crippen molar-refractivity contribution in [3.63, 3.8) is 0 Å². The lowest BCUT2D eigenvalue weighted by Crippen LogP contribution is -2.26. The average molecular weight is 330 g/mol. The molecular weight excluding hydrogens is 308 g/mol. The van der Waals surface area contributed by atoms with Crippen LogP contribution in [0.5, 0.6) is 0 Å². The van der Waals surface area contributed by atoms with Crippen LogP contribution in [-0.4, -0.2) is 42.4 Å². The quantitative estimate of drug-likeness (QED) is 0.868. The van der Waals surface area contributed by atoms with Crippen molar-refractivity contribution in [2.45, 2.75) is 25.1 Å². The van der Waals surface area contributed by atoms with Crippen molar-refractivity contribution < 1.29 is 8.42 Å². The first-order valence-electron chi connectivity index (χ1n) is 7.98. The zero-order chi connectivity index (χ0) is 16.3. The number of sulfone groups is 1. The van der Waals surface area contributed by atoms with Crippen LogP contribution in [0.25, 0.3) is 11.1 Å². The first kappa shape index (κ1) is 16.1. The monoisotopic (exact) mass is 330 g/mol. The van der Waals surface area contributed by atoms with Crippen molar-refractivity contribution in [1.29, 1.82) is 0 Å². The summed E-state index contributed by atoms with van der Waals surface area (Å²) >= 11 is 0. The number of pyridine rings is 1. The molecule has 0 saturated carbocycles. The zero-order valence-electron chi connectivity index (χ0n) is 13.4. The maximum atomic E-state index is 12.0. The molecule has 0 N–H and O–H groups in total. The van der Waals surface area contributed by atoms with E-state index in [9.17, 15) is 8.42 Å². The molecule has 0 amide bonds. The number of nitrogens with zero attached hydrogens (tertiary/aromatic N) is 2. The molecule has 4 nitrogen and oxygen atoms in total. The third-order valence-electron chi connectivity index (χ3n) is 4.48. The van der Waals surface area contributed by atoms with Crippen LogP contribution in [0.3, 0.4) is 0 Å². The molecule has 1 saturated heterocycles. The lowest BCUT2D eigenvalue weighted by atomic mass is 10.0. The summed E-state index contributed by atoms with van der Waals surface area (Å²) in [6, 6.07) is 12.4. The molecule has 122 valence electrons. The number of aromatic nitrogens is 1. The highest BCUT2D eigenvalue weighted by Gasteiger charge is 2.26. The highest BCUT2D eigenvalue weighted by molar-refractivity contribution is 7.92. The van der Waals surface area contributed by atoms with E-state index in [1.807, 2.05) is 25.3 Å². The van der Waals surface area contributed by atoms with Crippen LogP contribution in [0.15, 0.2) is 48.8 Å². The van der Waals surface area contributed by atoms with Gasteiger partial charge in [-0.1, -0.05) is 24.3 Å². The fourth-order valence-corrected chi connectivity index (χ4v) is 4.29. The van der Waals surface area contributed by atoms with Crippen molar-refractivity contribution in [3.05, 3.63) is 54.4 Å². The summed E-state index contributed by atoms with van der Waals surface area (Å²) in [6.07, 6.45) is 4.34. The number of hydrogen-bond acceptors (Lipinski definition) is 4. The second-order valence-electron chi connectivity index (χ2n) is 6.18. The normalized spacial score (nSPS) is 21.7. The molecule has 0 aliphatic carbocycles. The lowest BCUT2D eigenvalue weighted by molar-refractivity contribution is 0.283. The average Bonchev–Trinajstić information content (AvgIpc) is 2.69. The Hall–Kier alpha value is -1.72. The number of rotatable bonds is 3. The molecule has 2 heterocycles. The van der Waals surface area contributed by atoms with Gasteiger partial charge >= 0.3 is 0 Å². The van der Waals surface area contributed by atoms with Crippen LogP contribution < -0.4 is 0 Å².